The van der Waals surface area contributed by atoms with E-state index in [9.17, 15) is 0 Å². The molecule has 9 heavy (non-hydrogen) atoms. The number of hydrogen-bond donors (Lipinski definition) is 0. The van der Waals surface area contributed by atoms with Crippen LogP contribution in [0.2, 0.25) is 0 Å². The molecule has 0 saturated carbocycles. The molecule has 0 aliphatic carbocycles. The Morgan fingerprint density at radius 3 is 1.78 bits per heavy atom. The summed E-state index contributed by atoms with van der Waals surface area (Å²) in [5.41, 5.74) is 0. The van der Waals surface area contributed by atoms with Gasteiger partial charge in [0, 0.05) is 12.1 Å². The van der Waals surface area contributed by atoms with Gasteiger partial charge in [0.2, 0.25) is 0 Å². The number of fused-ring (bicyclic) bond motifs is 2. The number of hydrogen-bond acceptors (Lipinski definition) is 1. The van der Waals surface area contributed by atoms with E-state index < -0.39 is 0 Å². The fourth-order valence-electron chi connectivity index (χ4n) is 2.25. The Kier molecular flexibility index (Phi) is 1.04. The van der Waals surface area contributed by atoms with Crippen molar-refractivity contribution in [3.63, 3.8) is 0 Å². The van der Waals surface area contributed by atoms with Crippen molar-refractivity contribution in [2.24, 2.45) is 0 Å². The van der Waals surface area contributed by atoms with Crippen LogP contribution in [-0.2, 0) is 0 Å². The number of nitrogens with zero attached hydrogens (tertiary/aromatic N) is 1. The van der Waals surface area contributed by atoms with Crippen LogP contribution >= 0.6 is 0 Å². The lowest BCUT2D eigenvalue weighted by Gasteiger charge is -2.17. The van der Waals surface area contributed by atoms with E-state index in [2.05, 4.69) is 11.5 Å². The van der Waals surface area contributed by atoms with Gasteiger partial charge < -0.3 is 4.90 Å². The lowest BCUT2D eigenvalue weighted by molar-refractivity contribution is 0.357. The van der Waals surface area contributed by atoms with E-state index in [1.165, 1.54) is 25.7 Å². The molecule has 0 amide bonds. The van der Waals surface area contributed by atoms with E-state index in [0.717, 1.165) is 12.1 Å². The highest BCUT2D eigenvalue weighted by Crippen LogP contribution is 2.36. The first kappa shape index (κ1) is 5.33. The van der Waals surface area contributed by atoms with E-state index in [1.54, 1.807) is 0 Å². The molecule has 0 N–H and O–H groups in total. The zero-order chi connectivity index (χ0) is 6.27. The van der Waals surface area contributed by atoms with Gasteiger partial charge in [0.15, 0.2) is 0 Å². The van der Waals surface area contributed by atoms with Gasteiger partial charge in [-0.2, -0.15) is 0 Å². The topological polar surface area (TPSA) is 3.24 Å². The Morgan fingerprint density at radius 2 is 1.56 bits per heavy atom. The Morgan fingerprint density at radius 1 is 1.11 bits per heavy atom. The van der Waals surface area contributed by atoms with E-state index in [4.69, 9.17) is 0 Å². The second-order valence-electron chi connectivity index (χ2n) is 3.09. The first-order chi connectivity index (χ1) is 4.42. The van der Waals surface area contributed by atoms with Crippen molar-refractivity contribution in [2.75, 3.05) is 0 Å². The average Bonchev–Trinajstić information content (AvgIpc) is 2.44. The average molecular weight is 123 g/mol. The van der Waals surface area contributed by atoms with E-state index in [0.29, 0.717) is 0 Å². The van der Waals surface area contributed by atoms with Gasteiger partial charge in [-0.25, -0.2) is 0 Å². The van der Waals surface area contributed by atoms with Gasteiger partial charge in [0.05, 0.1) is 0 Å². The summed E-state index contributed by atoms with van der Waals surface area (Å²) in [5, 5.41) is 0. The van der Waals surface area contributed by atoms with Crippen molar-refractivity contribution >= 4 is 0 Å². The van der Waals surface area contributed by atoms with Gasteiger partial charge in [0.1, 0.15) is 0 Å². The lowest BCUT2D eigenvalue weighted by atomic mass is 10.0. The van der Waals surface area contributed by atoms with E-state index in [1.807, 2.05) is 6.20 Å². The highest BCUT2D eigenvalue weighted by atomic mass is 15.2. The zero-order valence-corrected chi connectivity index (χ0v) is 5.71. The summed E-state index contributed by atoms with van der Waals surface area (Å²) < 4.78 is 0. The molecule has 50 valence electrons. The molecule has 2 fully saturated rings. The maximum atomic E-state index is 3.81. The minimum atomic E-state index is 0.868. The van der Waals surface area contributed by atoms with E-state index in [-0.39, 0.29) is 0 Å². The number of rotatable bonds is 1. The van der Waals surface area contributed by atoms with Crippen LogP contribution in [0.1, 0.15) is 25.7 Å². The predicted molar refractivity (Wildman–Crippen MR) is 38.1 cm³/mol. The molecule has 2 heterocycles. The third kappa shape index (κ3) is 0.606. The van der Waals surface area contributed by atoms with Crippen LogP contribution in [0.15, 0.2) is 12.8 Å². The molecule has 0 radical (unpaired) electrons. The fourth-order valence-corrected chi connectivity index (χ4v) is 2.25. The molecule has 0 aromatic rings. The van der Waals surface area contributed by atoms with Crippen molar-refractivity contribution < 1.29 is 0 Å². The van der Waals surface area contributed by atoms with Gasteiger partial charge in [0.25, 0.3) is 0 Å². The first-order valence-electron chi connectivity index (χ1n) is 3.82. The normalized spacial score (nSPS) is 39.8. The molecule has 0 spiro atoms. The summed E-state index contributed by atoms with van der Waals surface area (Å²) in [4.78, 5) is 2.44. The van der Waals surface area contributed by atoms with Crippen molar-refractivity contribution in [1.29, 1.82) is 0 Å². The predicted octanol–water partition coefficient (Wildman–Crippen LogP) is 1.76. The van der Waals surface area contributed by atoms with Crippen LogP contribution in [0.25, 0.3) is 0 Å². The molecule has 2 bridgehead atoms. The summed E-state index contributed by atoms with van der Waals surface area (Å²) >= 11 is 0. The maximum Gasteiger partial charge on any atom is 0.0288 e. The van der Waals surface area contributed by atoms with Gasteiger partial charge in [-0.1, -0.05) is 6.58 Å². The molecule has 2 aliphatic rings. The van der Waals surface area contributed by atoms with Crippen molar-refractivity contribution in [1.82, 2.24) is 4.90 Å². The molecule has 0 unspecified atom stereocenters. The van der Waals surface area contributed by atoms with Crippen molar-refractivity contribution in [2.45, 2.75) is 37.8 Å². The van der Waals surface area contributed by atoms with Crippen LogP contribution in [0, 0.1) is 0 Å². The highest BCUT2D eigenvalue weighted by Gasteiger charge is 2.36. The lowest BCUT2D eigenvalue weighted by Crippen LogP contribution is -2.21. The Hall–Kier alpha value is -0.460. The molecule has 1 nitrogen and oxygen atoms in total. The molecule has 2 aliphatic heterocycles. The molecule has 2 saturated heterocycles. The summed E-state index contributed by atoms with van der Waals surface area (Å²) in [7, 11) is 0. The van der Waals surface area contributed by atoms with Crippen LogP contribution in [0.4, 0.5) is 0 Å². The van der Waals surface area contributed by atoms with Crippen LogP contribution in [-0.4, -0.2) is 17.0 Å². The van der Waals surface area contributed by atoms with Gasteiger partial charge in [-0.3, -0.25) is 0 Å². The van der Waals surface area contributed by atoms with Crippen molar-refractivity contribution in [3.05, 3.63) is 12.8 Å². The largest absolute Gasteiger partial charge is 0.372 e. The standard InChI is InChI=1S/C8H13N/c1-2-9-7-3-4-8(9)6-5-7/h2,7-8H,1,3-6H2. The summed E-state index contributed by atoms with van der Waals surface area (Å²) in [6.07, 6.45) is 7.68. The summed E-state index contributed by atoms with van der Waals surface area (Å²) in [6.45, 7) is 3.81. The molecule has 0 aromatic carbocycles. The Balaban J connectivity index is 2.16. The maximum absolute atomic E-state index is 3.81. The second-order valence-corrected chi connectivity index (χ2v) is 3.09. The second kappa shape index (κ2) is 1.76. The molecule has 2 rings (SSSR count). The molecule has 1 heteroatoms. The van der Waals surface area contributed by atoms with Gasteiger partial charge in [-0.05, 0) is 31.9 Å². The van der Waals surface area contributed by atoms with E-state index >= 15 is 0 Å². The molecule has 0 atom stereocenters. The monoisotopic (exact) mass is 123 g/mol. The Labute approximate surface area is 56.4 Å². The van der Waals surface area contributed by atoms with Crippen LogP contribution in [0.3, 0.4) is 0 Å². The van der Waals surface area contributed by atoms with Crippen LogP contribution in [0.5, 0.6) is 0 Å². The highest BCUT2D eigenvalue weighted by molar-refractivity contribution is 4.98. The quantitative estimate of drug-likeness (QED) is 0.513. The van der Waals surface area contributed by atoms with Gasteiger partial charge >= 0.3 is 0 Å². The smallest absolute Gasteiger partial charge is 0.0288 e. The molecule has 0 aromatic heterocycles. The van der Waals surface area contributed by atoms with Crippen molar-refractivity contribution in [3.8, 4) is 0 Å². The van der Waals surface area contributed by atoms with Gasteiger partial charge in [-0.15, -0.1) is 0 Å². The summed E-state index contributed by atoms with van der Waals surface area (Å²) in [5.74, 6) is 0. The third-order valence-corrected chi connectivity index (χ3v) is 2.72. The molecular weight excluding hydrogens is 110 g/mol. The fraction of sp³-hybridized carbons (Fsp3) is 0.750. The Bertz CT molecular complexity index is 111. The zero-order valence-electron chi connectivity index (χ0n) is 5.71. The SMILES string of the molecule is C=CN1C2CCC1CC2. The summed E-state index contributed by atoms with van der Waals surface area (Å²) in [6, 6.07) is 1.74. The third-order valence-electron chi connectivity index (χ3n) is 2.72. The molecular formula is C8H13N. The first-order valence-corrected chi connectivity index (χ1v) is 3.82. The minimum absolute atomic E-state index is 0.868. The van der Waals surface area contributed by atoms with Crippen LogP contribution < -0.4 is 0 Å². The minimum Gasteiger partial charge on any atom is -0.372 e.